The third-order valence-electron chi connectivity index (χ3n) is 2.94. The van der Waals surface area contributed by atoms with E-state index in [4.69, 9.17) is 0 Å². The van der Waals surface area contributed by atoms with E-state index in [9.17, 15) is 21.6 Å². The topological polar surface area (TPSA) is 58.2 Å². The molecule has 1 rings (SSSR count). The van der Waals surface area contributed by atoms with Gasteiger partial charge >= 0.3 is 6.18 Å². The quantitative estimate of drug-likeness (QED) is 0.810. The molecule has 2 N–H and O–H groups in total. The summed E-state index contributed by atoms with van der Waals surface area (Å²) >= 11 is 0. The summed E-state index contributed by atoms with van der Waals surface area (Å²) in [5, 5.41) is 2.95. The van der Waals surface area contributed by atoms with Gasteiger partial charge in [0.25, 0.3) is 0 Å². The molecule has 0 aromatic heterocycles. The molecule has 21 heavy (non-hydrogen) atoms. The number of anilines is 1. The van der Waals surface area contributed by atoms with E-state index in [2.05, 4.69) is 10.0 Å². The van der Waals surface area contributed by atoms with Crippen LogP contribution in [-0.2, 0) is 10.0 Å². The lowest BCUT2D eigenvalue weighted by atomic mass is 10.1. The van der Waals surface area contributed by atoms with Crippen LogP contribution in [0.5, 0.6) is 0 Å². The third kappa shape index (κ3) is 5.92. The van der Waals surface area contributed by atoms with Gasteiger partial charge in [0.15, 0.2) is 0 Å². The van der Waals surface area contributed by atoms with Crippen LogP contribution in [0.2, 0.25) is 0 Å². The highest BCUT2D eigenvalue weighted by molar-refractivity contribution is 7.89. The van der Waals surface area contributed by atoms with Crippen LogP contribution in [0.25, 0.3) is 0 Å². The summed E-state index contributed by atoms with van der Waals surface area (Å²) in [7, 11) is -2.31. The molecule has 0 spiro atoms. The molecule has 8 heteroatoms. The highest BCUT2D eigenvalue weighted by atomic mass is 32.2. The Bertz CT molecular complexity index is 559. The van der Waals surface area contributed by atoms with Crippen LogP contribution in [-0.4, -0.2) is 27.7 Å². The summed E-state index contributed by atoms with van der Waals surface area (Å²) in [5.74, 6) is 0. The van der Waals surface area contributed by atoms with Crippen LogP contribution >= 0.6 is 0 Å². The molecule has 1 atom stereocenters. The van der Waals surface area contributed by atoms with Gasteiger partial charge < -0.3 is 5.32 Å². The molecule has 0 saturated carbocycles. The Labute approximate surface area is 122 Å². The summed E-state index contributed by atoms with van der Waals surface area (Å²) in [4.78, 5) is 0.0789. The molecule has 1 unspecified atom stereocenters. The van der Waals surface area contributed by atoms with Crippen LogP contribution in [0.3, 0.4) is 0 Å². The molecule has 0 fully saturated rings. The molecule has 4 nitrogen and oxygen atoms in total. The number of alkyl halides is 3. The number of sulfonamides is 1. The van der Waals surface area contributed by atoms with Crippen LogP contribution in [0, 0.1) is 0 Å². The first-order valence-corrected chi connectivity index (χ1v) is 8.00. The second kappa shape index (κ2) is 7.13. The molecule has 0 radical (unpaired) electrons. The van der Waals surface area contributed by atoms with Crippen LogP contribution < -0.4 is 10.0 Å². The zero-order valence-electron chi connectivity index (χ0n) is 11.9. The van der Waals surface area contributed by atoms with Gasteiger partial charge in [0.05, 0.1) is 5.69 Å². The van der Waals surface area contributed by atoms with Gasteiger partial charge in [-0.1, -0.05) is 12.1 Å². The lowest BCUT2D eigenvalue weighted by molar-refractivity contribution is -0.135. The van der Waals surface area contributed by atoms with E-state index in [0.717, 1.165) is 0 Å². The minimum atomic E-state index is -4.16. The average molecular weight is 324 g/mol. The van der Waals surface area contributed by atoms with Gasteiger partial charge in [0, 0.05) is 12.5 Å². The Morgan fingerprint density at radius 2 is 1.86 bits per heavy atom. The van der Waals surface area contributed by atoms with Crippen molar-refractivity contribution >= 4 is 15.7 Å². The third-order valence-corrected chi connectivity index (χ3v) is 4.42. The van der Waals surface area contributed by atoms with Crippen LogP contribution in [0.1, 0.15) is 26.2 Å². The molecular weight excluding hydrogens is 305 g/mol. The van der Waals surface area contributed by atoms with Gasteiger partial charge in [-0.3, -0.25) is 0 Å². The zero-order chi connectivity index (χ0) is 16.1. The fraction of sp³-hybridized carbons (Fsp3) is 0.538. The lowest BCUT2D eigenvalue weighted by Crippen LogP contribution is -2.22. The van der Waals surface area contributed by atoms with Gasteiger partial charge in [-0.2, -0.15) is 13.2 Å². The molecule has 1 aromatic rings. The highest BCUT2D eigenvalue weighted by Gasteiger charge is 2.26. The second-order valence-electron chi connectivity index (χ2n) is 4.76. The first-order valence-electron chi connectivity index (χ1n) is 6.51. The first kappa shape index (κ1) is 17.8. The average Bonchev–Trinajstić information content (AvgIpc) is 2.37. The Morgan fingerprint density at radius 3 is 2.43 bits per heavy atom. The second-order valence-corrected chi connectivity index (χ2v) is 6.61. The molecule has 0 amide bonds. The molecular formula is C13H19F3N2O2S. The van der Waals surface area contributed by atoms with E-state index in [-0.39, 0.29) is 17.4 Å². The first-order chi connectivity index (χ1) is 9.65. The van der Waals surface area contributed by atoms with Crippen LogP contribution in [0.4, 0.5) is 18.9 Å². The smallest absolute Gasteiger partial charge is 0.381 e. The monoisotopic (exact) mass is 324 g/mol. The Kier molecular flexibility index (Phi) is 6.03. The van der Waals surface area contributed by atoms with E-state index >= 15 is 0 Å². The van der Waals surface area contributed by atoms with Gasteiger partial charge in [-0.15, -0.1) is 0 Å². The number of nitrogens with one attached hydrogen (secondary N) is 2. The largest absolute Gasteiger partial charge is 0.389 e. The SMILES string of the molecule is CNS(=O)(=O)c1ccccc1NC(C)CCCC(F)(F)F. The number of hydrogen-bond donors (Lipinski definition) is 2. The van der Waals surface area contributed by atoms with E-state index < -0.39 is 22.6 Å². The van der Waals surface area contributed by atoms with Gasteiger partial charge in [0.1, 0.15) is 4.90 Å². The number of rotatable bonds is 7. The molecule has 0 aliphatic carbocycles. The Balaban J connectivity index is 2.71. The standard InChI is InChI=1S/C13H19F3N2O2S/c1-10(6-5-9-13(14,15)16)18-11-7-3-4-8-12(11)21(19,20)17-2/h3-4,7-8,10,17-18H,5-6,9H2,1-2H3. The van der Waals surface area contributed by atoms with E-state index in [1.54, 1.807) is 25.1 Å². The number of halogens is 3. The number of hydrogen-bond acceptors (Lipinski definition) is 3. The Morgan fingerprint density at radius 1 is 1.24 bits per heavy atom. The van der Waals surface area contributed by atoms with Crippen molar-refractivity contribution in [3.63, 3.8) is 0 Å². The Hall–Kier alpha value is -1.28. The summed E-state index contributed by atoms with van der Waals surface area (Å²) in [6.45, 7) is 1.72. The van der Waals surface area contributed by atoms with Gasteiger partial charge in [-0.25, -0.2) is 13.1 Å². The van der Waals surface area contributed by atoms with Crippen molar-refractivity contribution in [2.75, 3.05) is 12.4 Å². The summed E-state index contributed by atoms with van der Waals surface area (Å²) < 4.78 is 62.2. The van der Waals surface area contributed by atoms with Crippen molar-refractivity contribution in [2.45, 2.75) is 43.3 Å². The van der Waals surface area contributed by atoms with Gasteiger partial charge in [0.2, 0.25) is 10.0 Å². The van der Waals surface area contributed by atoms with Crippen molar-refractivity contribution < 1.29 is 21.6 Å². The number of benzene rings is 1. The van der Waals surface area contributed by atoms with Crippen molar-refractivity contribution in [3.8, 4) is 0 Å². The molecule has 0 aliphatic rings. The predicted octanol–water partition coefficient (Wildman–Crippen LogP) is 3.13. The molecule has 120 valence electrons. The maximum Gasteiger partial charge on any atom is 0.389 e. The molecule has 0 aliphatic heterocycles. The minimum Gasteiger partial charge on any atom is -0.381 e. The summed E-state index contributed by atoms with van der Waals surface area (Å²) in [6, 6.07) is 6.02. The van der Waals surface area contributed by atoms with Crippen molar-refractivity contribution in [1.82, 2.24) is 4.72 Å². The molecule has 1 aromatic carbocycles. The maximum absolute atomic E-state index is 12.1. The maximum atomic E-state index is 12.1. The van der Waals surface area contributed by atoms with Crippen molar-refractivity contribution in [2.24, 2.45) is 0 Å². The van der Waals surface area contributed by atoms with Crippen LogP contribution in [0.15, 0.2) is 29.2 Å². The highest BCUT2D eigenvalue weighted by Crippen LogP contribution is 2.25. The zero-order valence-corrected chi connectivity index (χ0v) is 12.7. The van der Waals surface area contributed by atoms with Gasteiger partial charge in [-0.05, 0) is 38.9 Å². The lowest BCUT2D eigenvalue weighted by Gasteiger charge is -2.18. The fourth-order valence-electron chi connectivity index (χ4n) is 1.88. The van der Waals surface area contributed by atoms with Crippen molar-refractivity contribution in [3.05, 3.63) is 24.3 Å². The van der Waals surface area contributed by atoms with E-state index in [1.165, 1.54) is 13.1 Å². The van der Waals surface area contributed by atoms with Crippen molar-refractivity contribution in [1.29, 1.82) is 0 Å². The molecule has 0 heterocycles. The normalized spacial score (nSPS) is 14.0. The summed E-state index contributed by atoms with van der Waals surface area (Å²) in [6.07, 6.45) is -4.70. The fourth-order valence-corrected chi connectivity index (χ4v) is 2.77. The minimum absolute atomic E-state index is 0.00138. The number of para-hydroxylation sites is 1. The predicted molar refractivity (Wildman–Crippen MR) is 75.7 cm³/mol. The van der Waals surface area contributed by atoms with E-state index in [0.29, 0.717) is 12.1 Å². The van der Waals surface area contributed by atoms with E-state index in [1.807, 2.05) is 0 Å². The molecule has 0 bridgehead atoms. The summed E-state index contributed by atoms with van der Waals surface area (Å²) in [5.41, 5.74) is 0.381. The molecule has 0 saturated heterocycles.